The van der Waals surface area contributed by atoms with Crippen molar-refractivity contribution in [3.05, 3.63) is 51.4 Å². The quantitative estimate of drug-likeness (QED) is 0.493. The van der Waals surface area contributed by atoms with Gasteiger partial charge in [0.1, 0.15) is 0 Å². The number of aryl methyl sites for hydroxylation is 1. The predicted molar refractivity (Wildman–Crippen MR) is 92.7 cm³/mol. The molecule has 2 aromatic rings. The fourth-order valence-corrected chi connectivity index (χ4v) is 3.39. The summed E-state index contributed by atoms with van der Waals surface area (Å²) < 4.78 is 0. The number of Topliss-reactive ketones (excluding diaryl/α,β-unsaturated/α-hetero) is 1. The van der Waals surface area contributed by atoms with Gasteiger partial charge in [-0.2, -0.15) is 0 Å². The van der Waals surface area contributed by atoms with Crippen LogP contribution in [0.1, 0.15) is 35.0 Å². The Balaban J connectivity index is 1.66. The van der Waals surface area contributed by atoms with Gasteiger partial charge in [0.15, 0.2) is 10.9 Å². The molecule has 0 radical (unpaired) electrons. The SMILES string of the molecule is CC(=O)c1ccccc1NC(=O)CSc1nc2c(c(=O)[nH]1)CCC2. The summed E-state index contributed by atoms with van der Waals surface area (Å²) in [5.41, 5.74) is 2.45. The third-order valence-electron chi connectivity index (χ3n) is 3.84. The zero-order valence-corrected chi connectivity index (χ0v) is 14.0. The van der Waals surface area contributed by atoms with Gasteiger partial charge in [0.25, 0.3) is 5.56 Å². The molecule has 0 unspecified atom stereocenters. The summed E-state index contributed by atoms with van der Waals surface area (Å²) in [6.07, 6.45) is 2.53. The van der Waals surface area contributed by atoms with Crippen LogP contribution < -0.4 is 10.9 Å². The highest BCUT2D eigenvalue weighted by Gasteiger charge is 2.18. The van der Waals surface area contributed by atoms with E-state index in [9.17, 15) is 14.4 Å². The van der Waals surface area contributed by atoms with E-state index in [2.05, 4.69) is 15.3 Å². The van der Waals surface area contributed by atoms with Gasteiger partial charge < -0.3 is 10.3 Å². The van der Waals surface area contributed by atoms with Crippen LogP contribution in [0.4, 0.5) is 5.69 Å². The molecule has 0 fully saturated rings. The van der Waals surface area contributed by atoms with E-state index in [4.69, 9.17) is 0 Å². The molecule has 1 amide bonds. The molecule has 0 saturated carbocycles. The molecule has 1 aromatic carbocycles. The number of nitrogens with one attached hydrogen (secondary N) is 2. The van der Waals surface area contributed by atoms with Gasteiger partial charge >= 0.3 is 0 Å². The van der Waals surface area contributed by atoms with Gasteiger partial charge in [0.2, 0.25) is 5.91 Å². The van der Waals surface area contributed by atoms with Gasteiger partial charge in [-0.3, -0.25) is 14.4 Å². The monoisotopic (exact) mass is 343 g/mol. The molecule has 3 rings (SSSR count). The summed E-state index contributed by atoms with van der Waals surface area (Å²) in [6.45, 7) is 1.46. The molecule has 1 aromatic heterocycles. The molecular formula is C17H17N3O3S. The van der Waals surface area contributed by atoms with Gasteiger partial charge in [0.05, 0.1) is 17.1 Å². The first-order chi connectivity index (χ1) is 11.5. The number of para-hydroxylation sites is 1. The van der Waals surface area contributed by atoms with Crippen molar-refractivity contribution in [3.63, 3.8) is 0 Å². The number of H-pyrrole nitrogens is 1. The highest BCUT2D eigenvalue weighted by molar-refractivity contribution is 7.99. The molecule has 1 heterocycles. The van der Waals surface area contributed by atoms with Crippen molar-refractivity contribution in [2.75, 3.05) is 11.1 Å². The third kappa shape index (κ3) is 3.56. The predicted octanol–water partition coefficient (Wildman–Crippen LogP) is 2.19. The van der Waals surface area contributed by atoms with Gasteiger partial charge in [-0.05, 0) is 38.3 Å². The standard InChI is InChI=1S/C17H17N3O3S/c1-10(21)11-5-2-3-7-13(11)18-15(22)9-24-17-19-14-8-4-6-12(14)16(23)20-17/h2-3,5,7H,4,6,8-9H2,1H3,(H,18,22)(H,19,20,23). The lowest BCUT2D eigenvalue weighted by molar-refractivity contribution is -0.113. The molecule has 0 saturated heterocycles. The number of aromatic amines is 1. The lowest BCUT2D eigenvalue weighted by atomic mass is 10.1. The molecule has 24 heavy (non-hydrogen) atoms. The van der Waals surface area contributed by atoms with E-state index in [1.807, 2.05) is 0 Å². The minimum Gasteiger partial charge on any atom is -0.325 e. The maximum Gasteiger partial charge on any atom is 0.254 e. The van der Waals surface area contributed by atoms with Gasteiger partial charge in [-0.25, -0.2) is 4.98 Å². The number of hydrogen-bond donors (Lipinski definition) is 2. The van der Waals surface area contributed by atoms with Gasteiger partial charge in [-0.15, -0.1) is 0 Å². The molecule has 0 aliphatic heterocycles. The number of carbonyl (C=O) groups excluding carboxylic acids is 2. The molecule has 7 heteroatoms. The highest BCUT2D eigenvalue weighted by atomic mass is 32.2. The Morgan fingerprint density at radius 3 is 2.88 bits per heavy atom. The van der Waals surface area contributed by atoms with Crippen LogP contribution >= 0.6 is 11.8 Å². The Kier molecular flexibility index (Phi) is 4.80. The Morgan fingerprint density at radius 1 is 1.29 bits per heavy atom. The average molecular weight is 343 g/mol. The highest BCUT2D eigenvalue weighted by Crippen LogP contribution is 2.20. The third-order valence-corrected chi connectivity index (χ3v) is 4.71. The van der Waals surface area contributed by atoms with Crippen LogP contribution in [0, 0.1) is 0 Å². The lowest BCUT2D eigenvalue weighted by Gasteiger charge is -2.09. The number of carbonyl (C=O) groups is 2. The van der Waals surface area contributed by atoms with Crippen LogP contribution in [0.2, 0.25) is 0 Å². The van der Waals surface area contributed by atoms with Crippen molar-refractivity contribution in [3.8, 4) is 0 Å². The van der Waals surface area contributed by atoms with E-state index in [1.165, 1.54) is 18.7 Å². The lowest BCUT2D eigenvalue weighted by Crippen LogP contribution is -2.18. The molecule has 2 N–H and O–H groups in total. The summed E-state index contributed by atoms with van der Waals surface area (Å²) in [7, 11) is 0. The Labute approximate surface area is 143 Å². The van der Waals surface area contributed by atoms with Crippen molar-refractivity contribution < 1.29 is 9.59 Å². The van der Waals surface area contributed by atoms with Crippen molar-refractivity contribution in [2.45, 2.75) is 31.3 Å². The topological polar surface area (TPSA) is 91.9 Å². The van der Waals surface area contributed by atoms with E-state index in [0.29, 0.717) is 16.4 Å². The summed E-state index contributed by atoms with van der Waals surface area (Å²) in [4.78, 5) is 42.8. The normalized spacial score (nSPS) is 12.7. The first-order valence-electron chi connectivity index (χ1n) is 7.69. The molecule has 1 aliphatic carbocycles. The number of thioether (sulfide) groups is 1. The Hall–Kier alpha value is -2.41. The number of rotatable bonds is 5. The van der Waals surface area contributed by atoms with Crippen LogP contribution in [0.15, 0.2) is 34.2 Å². The smallest absolute Gasteiger partial charge is 0.254 e. The minimum absolute atomic E-state index is 0.105. The molecule has 6 nitrogen and oxygen atoms in total. The van der Waals surface area contributed by atoms with E-state index in [-0.39, 0.29) is 23.0 Å². The molecule has 0 bridgehead atoms. The van der Waals surface area contributed by atoms with Crippen LogP contribution in [0.3, 0.4) is 0 Å². The number of fused-ring (bicyclic) bond motifs is 1. The largest absolute Gasteiger partial charge is 0.325 e. The number of amides is 1. The van der Waals surface area contributed by atoms with Crippen molar-refractivity contribution >= 4 is 29.1 Å². The summed E-state index contributed by atoms with van der Waals surface area (Å²) in [6, 6.07) is 6.87. The van der Waals surface area contributed by atoms with Crippen molar-refractivity contribution in [1.29, 1.82) is 0 Å². The van der Waals surface area contributed by atoms with Crippen LogP contribution in [0.5, 0.6) is 0 Å². The van der Waals surface area contributed by atoms with Gasteiger partial charge in [-0.1, -0.05) is 23.9 Å². The second-order valence-electron chi connectivity index (χ2n) is 5.59. The zero-order valence-electron chi connectivity index (χ0n) is 13.2. The molecule has 1 aliphatic rings. The van der Waals surface area contributed by atoms with Crippen LogP contribution in [-0.2, 0) is 17.6 Å². The number of ketones is 1. The Morgan fingerprint density at radius 2 is 2.08 bits per heavy atom. The van der Waals surface area contributed by atoms with Crippen LogP contribution in [0.25, 0.3) is 0 Å². The minimum atomic E-state index is -0.253. The first-order valence-corrected chi connectivity index (χ1v) is 8.68. The Bertz CT molecular complexity index is 860. The number of aromatic nitrogens is 2. The van der Waals surface area contributed by atoms with Crippen molar-refractivity contribution in [2.24, 2.45) is 0 Å². The number of anilines is 1. The zero-order chi connectivity index (χ0) is 17.1. The second-order valence-corrected chi connectivity index (χ2v) is 6.55. The first kappa shape index (κ1) is 16.4. The number of hydrogen-bond acceptors (Lipinski definition) is 5. The number of nitrogens with zero attached hydrogens (tertiary/aromatic N) is 1. The summed E-state index contributed by atoms with van der Waals surface area (Å²) in [5.74, 6) is -0.256. The molecule has 0 atom stereocenters. The maximum atomic E-state index is 12.1. The van der Waals surface area contributed by atoms with E-state index < -0.39 is 0 Å². The van der Waals surface area contributed by atoms with Crippen LogP contribution in [-0.4, -0.2) is 27.4 Å². The second kappa shape index (κ2) is 7.00. The fraction of sp³-hybridized carbons (Fsp3) is 0.294. The molecule has 0 spiro atoms. The maximum absolute atomic E-state index is 12.1. The van der Waals surface area contributed by atoms with E-state index in [1.54, 1.807) is 24.3 Å². The van der Waals surface area contributed by atoms with E-state index >= 15 is 0 Å². The van der Waals surface area contributed by atoms with Crippen molar-refractivity contribution in [1.82, 2.24) is 9.97 Å². The van der Waals surface area contributed by atoms with E-state index in [0.717, 1.165) is 30.5 Å². The average Bonchev–Trinajstić information content (AvgIpc) is 3.02. The summed E-state index contributed by atoms with van der Waals surface area (Å²) >= 11 is 1.18. The molecule has 124 valence electrons. The van der Waals surface area contributed by atoms with Gasteiger partial charge in [0, 0.05) is 11.1 Å². The summed E-state index contributed by atoms with van der Waals surface area (Å²) in [5, 5.41) is 3.18. The fourth-order valence-electron chi connectivity index (χ4n) is 2.71. The molecular weight excluding hydrogens is 326 g/mol. The number of benzene rings is 1.